The summed E-state index contributed by atoms with van der Waals surface area (Å²) in [5.74, 6) is 0.759. The van der Waals surface area contributed by atoms with E-state index >= 15 is 0 Å². The van der Waals surface area contributed by atoms with Crippen LogP contribution >= 0.6 is 48.0 Å². The van der Waals surface area contributed by atoms with Gasteiger partial charge >= 0.3 is 0 Å². The molecule has 3 rings (SSSR count). The summed E-state index contributed by atoms with van der Waals surface area (Å²) in [6, 6.07) is 14.5. The van der Waals surface area contributed by atoms with Crippen LogP contribution in [0.4, 0.5) is 11.4 Å². The molecule has 14 heteroatoms. The largest absolute Gasteiger partial charge is 0.369 e. The number of benzene rings is 2. The normalized spacial score (nSPS) is 18.7. The van der Waals surface area contributed by atoms with E-state index in [0.717, 1.165) is 11.4 Å². The lowest BCUT2D eigenvalue weighted by molar-refractivity contribution is 0.143. The fourth-order valence-corrected chi connectivity index (χ4v) is 3.60. The molecule has 2 aromatic rings. The van der Waals surface area contributed by atoms with Crippen molar-refractivity contribution in [3.63, 3.8) is 0 Å². The highest BCUT2D eigenvalue weighted by molar-refractivity contribution is 6.30. The Balaban J connectivity index is 0.00000324. The lowest BCUT2D eigenvalue weighted by atomic mass is 10.1. The van der Waals surface area contributed by atoms with Crippen molar-refractivity contribution in [2.75, 3.05) is 23.9 Å². The summed E-state index contributed by atoms with van der Waals surface area (Å²) in [7, 11) is 0. The van der Waals surface area contributed by atoms with Crippen molar-refractivity contribution in [1.82, 2.24) is 9.80 Å². The fourth-order valence-electron chi connectivity index (χ4n) is 3.35. The number of nitrogens with zero attached hydrogens (tertiary/aromatic N) is 6. The maximum absolute atomic E-state index is 6.21. The van der Waals surface area contributed by atoms with Gasteiger partial charge in [0, 0.05) is 35.2 Å². The van der Waals surface area contributed by atoms with Crippen LogP contribution in [-0.2, 0) is 0 Å². The molecule has 6 N–H and O–H groups in total. The molecule has 1 aliphatic rings. The zero-order valence-corrected chi connectivity index (χ0v) is 22.9. The van der Waals surface area contributed by atoms with E-state index in [4.69, 9.17) is 34.7 Å². The van der Waals surface area contributed by atoms with E-state index in [1.165, 1.54) is 12.7 Å². The highest BCUT2D eigenvalue weighted by Crippen LogP contribution is 2.16. The number of hydrogen-bond donors (Lipinski definition) is 4. The molecular weight excluding hydrogens is 546 g/mol. The number of hydrogen-bond acceptors (Lipinski definition) is 4. The van der Waals surface area contributed by atoms with Gasteiger partial charge in [-0.3, -0.25) is 10.9 Å². The van der Waals surface area contributed by atoms with Crippen LogP contribution < -0.4 is 22.3 Å². The molecule has 10 nitrogen and oxygen atoms in total. The molecule has 2 unspecified atom stereocenters. The van der Waals surface area contributed by atoms with Crippen molar-refractivity contribution in [3.05, 3.63) is 58.6 Å². The minimum atomic E-state index is 0. The topological polar surface area (TPSA) is 132 Å². The van der Waals surface area contributed by atoms with Gasteiger partial charge in [0.15, 0.2) is 11.9 Å². The maximum atomic E-state index is 6.21. The quantitative estimate of drug-likeness (QED) is 0.231. The monoisotopic (exact) mass is 574 g/mol. The smallest absolute Gasteiger partial charge is 0.197 e. The zero-order valence-electron chi connectivity index (χ0n) is 19.8. The van der Waals surface area contributed by atoms with Crippen molar-refractivity contribution in [2.24, 2.45) is 31.7 Å². The minimum absolute atomic E-state index is 0. The van der Waals surface area contributed by atoms with Crippen LogP contribution in [0.15, 0.2) is 68.7 Å². The number of piperazine rings is 1. The van der Waals surface area contributed by atoms with Crippen LogP contribution in [0.5, 0.6) is 0 Å². The average Bonchev–Trinajstić information content (AvgIpc) is 2.82. The molecule has 0 bridgehead atoms. The molecule has 36 heavy (non-hydrogen) atoms. The second-order valence-electron chi connectivity index (χ2n) is 7.70. The Morgan fingerprint density at radius 3 is 1.42 bits per heavy atom. The summed E-state index contributed by atoms with van der Waals surface area (Å²) in [6.07, 6.45) is 2.77. The molecule has 1 aliphatic heterocycles. The van der Waals surface area contributed by atoms with Crippen LogP contribution in [0.2, 0.25) is 10.0 Å². The highest BCUT2D eigenvalue weighted by atomic mass is 35.5. The molecule has 0 spiro atoms. The first kappa shape index (κ1) is 31.1. The van der Waals surface area contributed by atoms with Gasteiger partial charge in [0.05, 0.1) is 11.4 Å². The molecule has 0 radical (unpaired) electrons. The molecule has 0 aliphatic carbocycles. The molecule has 2 aromatic carbocycles. The second kappa shape index (κ2) is 15.2. The lowest BCUT2D eigenvalue weighted by Gasteiger charge is -2.44. The molecule has 0 aromatic heterocycles. The predicted octanol–water partition coefficient (Wildman–Crippen LogP) is 4.27. The Bertz CT molecular complexity index is 972. The number of halogens is 4. The van der Waals surface area contributed by atoms with Gasteiger partial charge in [0.1, 0.15) is 12.7 Å². The molecule has 1 heterocycles. The molecule has 196 valence electrons. The Morgan fingerprint density at radius 2 is 1.08 bits per heavy atom. The summed E-state index contributed by atoms with van der Waals surface area (Å²) in [4.78, 5) is 12.5. The van der Waals surface area contributed by atoms with Crippen LogP contribution in [0.25, 0.3) is 0 Å². The van der Waals surface area contributed by atoms with Gasteiger partial charge < -0.3 is 21.3 Å². The van der Waals surface area contributed by atoms with Gasteiger partial charge in [0.25, 0.3) is 0 Å². The van der Waals surface area contributed by atoms with Gasteiger partial charge in [0.2, 0.25) is 0 Å². The third-order valence-corrected chi connectivity index (χ3v) is 5.65. The van der Waals surface area contributed by atoms with Crippen LogP contribution in [0, 0.1) is 0 Å². The maximum Gasteiger partial charge on any atom is 0.197 e. The Kier molecular flexibility index (Phi) is 13.2. The molecule has 2 atom stereocenters. The van der Waals surface area contributed by atoms with Gasteiger partial charge in [-0.2, -0.15) is 10.2 Å². The standard InChI is InChI=1S/C22H28Cl2N10.2ClH/c1-15-11-34(22(26)28-14-30-32-20-9-5-18(24)6-10-20)16(2)12-33(15)21(25)27-13-29-31-19-7-3-17(23)4-8-19;;/h3-10,13-16,31-32H,11-12H2,1-2H3,(H2,25,27,29)(H2,26,28,30);2*1H. The summed E-state index contributed by atoms with van der Waals surface area (Å²) in [6.45, 7) is 5.36. The fraction of sp³-hybridized carbons (Fsp3) is 0.273. The third-order valence-electron chi connectivity index (χ3n) is 5.15. The van der Waals surface area contributed by atoms with E-state index in [-0.39, 0.29) is 36.9 Å². The number of nitrogens with one attached hydrogen (secondary N) is 2. The zero-order chi connectivity index (χ0) is 24.5. The van der Waals surface area contributed by atoms with E-state index in [9.17, 15) is 0 Å². The van der Waals surface area contributed by atoms with E-state index < -0.39 is 0 Å². The van der Waals surface area contributed by atoms with Gasteiger partial charge in [-0.15, -0.1) is 24.8 Å². The molecule has 1 fully saturated rings. The molecule has 1 saturated heterocycles. The number of guanidine groups is 2. The Labute approximate surface area is 233 Å². The Hall–Kier alpha value is -2.92. The van der Waals surface area contributed by atoms with E-state index in [0.29, 0.717) is 35.1 Å². The van der Waals surface area contributed by atoms with Crippen molar-refractivity contribution in [2.45, 2.75) is 25.9 Å². The number of aliphatic imine (C=N–C) groups is 2. The van der Waals surface area contributed by atoms with Gasteiger partial charge in [-0.05, 0) is 62.4 Å². The van der Waals surface area contributed by atoms with E-state index in [2.05, 4.69) is 31.0 Å². The van der Waals surface area contributed by atoms with Crippen molar-refractivity contribution in [3.8, 4) is 0 Å². The molecule has 0 saturated carbocycles. The van der Waals surface area contributed by atoms with Gasteiger partial charge in [-0.25, -0.2) is 9.98 Å². The van der Waals surface area contributed by atoms with Crippen molar-refractivity contribution >= 4 is 84.0 Å². The van der Waals surface area contributed by atoms with Crippen LogP contribution in [0.1, 0.15) is 13.8 Å². The first-order valence-corrected chi connectivity index (χ1v) is 11.3. The Morgan fingerprint density at radius 1 is 0.750 bits per heavy atom. The summed E-state index contributed by atoms with van der Waals surface area (Å²) < 4.78 is 0. The SMILES string of the molecule is CC1CN(C(N)=N/C=N/Nc2ccc(Cl)cc2)C(C)CN1C(N)=N/C=N/Nc1ccc(Cl)cc1.Cl.Cl. The summed E-state index contributed by atoms with van der Waals surface area (Å²) >= 11 is 11.7. The number of anilines is 2. The molecule has 0 amide bonds. The minimum Gasteiger partial charge on any atom is -0.369 e. The predicted molar refractivity (Wildman–Crippen MR) is 157 cm³/mol. The number of rotatable bonds is 6. The van der Waals surface area contributed by atoms with Crippen LogP contribution in [-0.4, -0.2) is 59.6 Å². The number of nitrogens with two attached hydrogens (primary N) is 2. The van der Waals surface area contributed by atoms with Crippen molar-refractivity contribution < 1.29 is 0 Å². The second-order valence-corrected chi connectivity index (χ2v) is 8.58. The molecular formula is C22H30Cl4N10. The number of hydrazone groups is 2. The van der Waals surface area contributed by atoms with E-state index in [1.807, 2.05) is 47.9 Å². The van der Waals surface area contributed by atoms with E-state index in [1.54, 1.807) is 24.3 Å². The summed E-state index contributed by atoms with van der Waals surface area (Å²) in [5, 5.41) is 9.46. The third kappa shape index (κ3) is 9.27. The van der Waals surface area contributed by atoms with Gasteiger partial charge in [-0.1, -0.05) is 23.2 Å². The van der Waals surface area contributed by atoms with Crippen LogP contribution in [0.3, 0.4) is 0 Å². The average molecular weight is 576 g/mol. The first-order chi connectivity index (χ1) is 16.3. The summed E-state index contributed by atoms with van der Waals surface area (Å²) in [5.41, 5.74) is 19.8. The van der Waals surface area contributed by atoms with Crippen molar-refractivity contribution in [1.29, 1.82) is 0 Å². The lowest BCUT2D eigenvalue weighted by Crippen LogP contribution is -2.62. The highest BCUT2D eigenvalue weighted by Gasteiger charge is 2.31. The first-order valence-electron chi connectivity index (χ1n) is 10.6.